The first-order valence-electron chi connectivity index (χ1n) is 9.45. The topological polar surface area (TPSA) is 115 Å². The van der Waals surface area contributed by atoms with Crippen LogP contribution in [0.1, 0.15) is 16.1 Å². The van der Waals surface area contributed by atoms with Crippen molar-refractivity contribution in [3.63, 3.8) is 0 Å². The van der Waals surface area contributed by atoms with Gasteiger partial charge in [0.15, 0.2) is 0 Å². The number of amides is 2. The number of para-hydroxylation sites is 2. The normalized spacial score (nSPS) is 13.9. The van der Waals surface area contributed by atoms with Crippen molar-refractivity contribution in [1.29, 1.82) is 0 Å². The average molecular weight is 409 g/mol. The minimum atomic E-state index is -0.525. The summed E-state index contributed by atoms with van der Waals surface area (Å²) in [6, 6.07) is 13.1. The number of nitro benzene ring substituents is 1. The van der Waals surface area contributed by atoms with Crippen LogP contribution in [-0.4, -0.2) is 47.9 Å². The van der Waals surface area contributed by atoms with Gasteiger partial charge in [-0.15, -0.1) is 0 Å². The quantitative estimate of drug-likeness (QED) is 0.512. The summed E-state index contributed by atoms with van der Waals surface area (Å²) in [5.74, 6) is -0.781. The number of ether oxygens (including phenoxy) is 1. The molecule has 2 heterocycles. The van der Waals surface area contributed by atoms with Crippen LogP contribution in [0.15, 0.2) is 52.9 Å². The van der Waals surface area contributed by atoms with Gasteiger partial charge >= 0.3 is 0 Å². The lowest BCUT2D eigenvalue weighted by atomic mass is 10.1. The van der Waals surface area contributed by atoms with Crippen molar-refractivity contribution in [2.45, 2.75) is 6.42 Å². The molecule has 154 valence electrons. The maximum atomic E-state index is 13.0. The van der Waals surface area contributed by atoms with Gasteiger partial charge in [-0.05, 0) is 12.1 Å². The van der Waals surface area contributed by atoms with Gasteiger partial charge in [0, 0.05) is 30.1 Å². The van der Waals surface area contributed by atoms with E-state index in [4.69, 9.17) is 9.15 Å². The summed E-state index contributed by atoms with van der Waals surface area (Å²) in [6.07, 6.45) is -0.207. The van der Waals surface area contributed by atoms with Crippen molar-refractivity contribution in [3.05, 3.63) is 70.0 Å². The van der Waals surface area contributed by atoms with Gasteiger partial charge in [0.25, 0.3) is 11.6 Å². The predicted molar refractivity (Wildman–Crippen MR) is 108 cm³/mol. The molecule has 1 N–H and O–H groups in total. The number of rotatable bonds is 5. The number of nitrogens with one attached hydrogen (secondary N) is 1. The number of anilines is 1. The minimum Gasteiger partial charge on any atom is -0.449 e. The second-order valence-electron chi connectivity index (χ2n) is 6.82. The van der Waals surface area contributed by atoms with Crippen LogP contribution in [0.2, 0.25) is 0 Å². The van der Waals surface area contributed by atoms with Crippen molar-refractivity contribution < 1.29 is 23.7 Å². The van der Waals surface area contributed by atoms with Gasteiger partial charge in [-0.1, -0.05) is 30.3 Å². The summed E-state index contributed by atoms with van der Waals surface area (Å²) in [4.78, 5) is 38.0. The van der Waals surface area contributed by atoms with E-state index in [1.165, 1.54) is 12.1 Å². The zero-order valence-electron chi connectivity index (χ0n) is 16.0. The molecule has 0 saturated carbocycles. The smallest absolute Gasteiger partial charge is 0.291 e. The Labute approximate surface area is 171 Å². The number of morpholine rings is 1. The maximum absolute atomic E-state index is 13.0. The van der Waals surface area contributed by atoms with E-state index in [9.17, 15) is 19.7 Å². The fraction of sp³-hybridized carbons (Fsp3) is 0.238. The van der Waals surface area contributed by atoms with E-state index < -0.39 is 10.8 Å². The zero-order chi connectivity index (χ0) is 21.1. The number of nitrogens with zero attached hydrogens (tertiary/aromatic N) is 2. The first-order chi connectivity index (χ1) is 14.5. The molecule has 0 radical (unpaired) electrons. The number of fused-ring (bicyclic) bond motifs is 1. The lowest BCUT2D eigenvalue weighted by Crippen LogP contribution is -2.40. The Morgan fingerprint density at radius 2 is 1.77 bits per heavy atom. The molecule has 0 aliphatic carbocycles. The summed E-state index contributed by atoms with van der Waals surface area (Å²) >= 11 is 0. The maximum Gasteiger partial charge on any atom is 0.291 e. The fourth-order valence-corrected chi connectivity index (χ4v) is 3.43. The monoisotopic (exact) mass is 409 g/mol. The molecular formula is C21H19N3O6. The Bertz CT molecular complexity index is 1120. The molecule has 0 bridgehead atoms. The SMILES string of the molecule is O=C(Cc1ccccc1[N+](=O)[O-])Nc1c(C(=O)N2CCOCC2)oc2ccccc12. The van der Waals surface area contributed by atoms with Crippen LogP contribution in [0.25, 0.3) is 11.0 Å². The van der Waals surface area contributed by atoms with Gasteiger partial charge in [-0.25, -0.2) is 0 Å². The number of carbonyl (C=O) groups excluding carboxylic acids is 2. The Morgan fingerprint density at radius 1 is 1.07 bits per heavy atom. The van der Waals surface area contributed by atoms with Crippen LogP contribution >= 0.6 is 0 Å². The third kappa shape index (κ3) is 3.87. The second kappa shape index (κ2) is 8.34. The van der Waals surface area contributed by atoms with E-state index in [2.05, 4.69) is 5.32 Å². The highest BCUT2D eigenvalue weighted by molar-refractivity contribution is 6.11. The first kappa shape index (κ1) is 19.6. The molecule has 0 spiro atoms. The molecule has 1 aromatic heterocycles. The standard InChI is InChI=1S/C21H19N3O6/c25-18(13-14-5-1-3-7-16(14)24(27)28)22-19-15-6-2-4-8-17(15)30-20(19)21(26)23-9-11-29-12-10-23/h1-8H,9-13H2,(H,22,25). The van der Waals surface area contributed by atoms with Crippen LogP contribution in [-0.2, 0) is 16.0 Å². The van der Waals surface area contributed by atoms with E-state index in [1.807, 2.05) is 0 Å². The molecule has 1 aliphatic heterocycles. The van der Waals surface area contributed by atoms with Gasteiger partial charge in [0.1, 0.15) is 11.3 Å². The molecule has 0 atom stereocenters. The number of nitro groups is 1. The molecule has 3 aromatic rings. The van der Waals surface area contributed by atoms with Gasteiger partial charge in [0.2, 0.25) is 11.7 Å². The summed E-state index contributed by atoms with van der Waals surface area (Å²) in [7, 11) is 0. The molecular weight excluding hydrogens is 390 g/mol. The van der Waals surface area contributed by atoms with Crippen LogP contribution < -0.4 is 5.32 Å². The number of hydrogen-bond acceptors (Lipinski definition) is 6. The number of benzene rings is 2. The van der Waals surface area contributed by atoms with E-state index in [0.717, 1.165) is 0 Å². The Morgan fingerprint density at radius 3 is 2.53 bits per heavy atom. The minimum absolute atomic E-state index is 0.0361. The van der Waals surface area contributed by atoms with Gasteiger partial charge < -0.3 is 19.4 Å². The van der Waals surface area contributed by atoms with E-state index in [0.29, 0.717) is 37.3 Å². The van der Waals surface area contributed by atoms with Crippen LogP contribution in [0.4, 0.5) is 11.4 Å². The van der Waals surface area contributed by atoms with Gasteiger partial charge in [0.05, 0.1) is 24.6 Å². The first-order valence-corrected chi connectivity index (χ1v) is 9.45. The average Bonchev–Trinajstić information content (AvgIpc) is 3.12. The van der Waals surface area contributed by atoms with Crippen LogP contribution in [0.3, 0.4) is 0 Å². The predicted octanol–water partition coefficient (Wildman–Crippen LogP) is 2.99. The molecule has 1 aliphatic rings. The third-order valence-electron chi connectivity index (χ3n) is 4.89. The summed E-state index contributed by atoms with van der Waals surface area (Å²) in [5.41, 5.74) is 0.893. The highest BCUT2D eigenvalue weighted by Crippen LogP contribution is 2.32. The zero-order valence-corrected chi connectivity index (χ0v) is 16.0. The Kier molecular flexibility index (Phi) is 5.44. The van der Waals surface area contributed by atoms with Crippen molar-refractivity contribution in [1.82, 2.24) is 4.90 Å². The molecule has 0 unspecified atom stereocenters. The van der Waals surface area contributed by atoms with Crippen molar-refractivity contribution >= 4 is 34.2 Å². The van der Waals surface area contributed by atoms with Crippen molar-refractivity contribution in [2.24, 2.45) is 0 Å². The highest BCUT2D eigenvalue weighted by Gasteiger charge is 2.28. The molecule has 2 aromatic carbocycles. The van der Waals surface area contributed by atoms with E-state index in [-0.39, 0.29) is 35.0 Å². The van der Waals surface area contributed by atoms with Crippen LogP contribution in [0, 0.1) is 10.1 Å². The highest BCUT2D eigenvalue weighted by atomic mass is 16.6. The molecule has 1 fully saturated rings. The summed E-state index contributed by atoms with van der Waals surface area (Å²) < 4.78 is 11.1. The lowest BCUT2D eigenvalue weighted by Gasteiger charge is -2.26. The fourth-order valence-electron chi connectivity index (χ4n) is 3.43. The van der Waals surface area contributed by atoms with Crippen molar-refractivity contribution in [2.75, 3.05) is 31.6 Å². The third-order valence-corrected chi connectivity index (χ3v) is 4.89. The molecule has 30 heavy (non-hydrogen) atoms. The lowest BCUT2D eigenvalue weighted by molar-refractivity contribution is -0.385. The Hall–Kier alpha value is -3.72. The number of hydrogen-bond donors (Lipinski definition) is 1. The number of carbonyl (C=O) groups is 2. The summed E-state index contributed by atoms with van der Waals surface area (Å²) in [6.45, 7) is 1.73. The number of furan rings is 1. The second-order valence-corrected chi connectivity index (χ2v) is 6.82. The molecule has 4 rings (SSSR count). The van der Waals surface area contributed by atoms with Gasteiger partial charge in [-0.3, -0.25) is 19.7 Å². The summed E-state index contributed by atoms with van der Waals surface area (Å²) in [5, 5.41) is 14.5. The van der Waals surface area contributed by atoms with Crippen molar-refractivity contribution in [3.8, 4) is 0 Å². The Balaban J connectivity index is 1.64. The molecule has 9 heteroatoms. The molecule has 9 nitrogen and oxygen atoms in total. The van der Waals surface area contributed by atoms with Gasteiger partial charge in [-0.2, -0.15) is 0 Å². The molecule has 1 saturated heterocycles. The van der Waals surface area contributed by atoms with E-state index in [1.54, 1.807) is 41.3 Å². The largest absolute Gasteiger partial charge is 0.449 e. The van der Waals surface area contributed by atoms with Crippen LogP contribution in [0.5, 0.6) is 0 Å². The molecule has 2 amide bonds. The van der Waals surface area contributed by atoms with E-state index >= 15 is 0 Å².